The third-order valence-electron chi connectivity index (χ3n) is 4.13. The highest BCUT2D eigenvalue weighted by atomic mass is 32.2. The first kappa shape index (κ1) is 20.9. The zero-order chi connectivity index (χ0) is 19.7. The van der Waals surface area contributed by atoms with Crippen molar-refractivity contribution >= 4 is 21.8 Å². The van der Waals surface area contributed by atoms with Crippen molar-refractivity contribution in [2.75, 3.05) is 11.9 Å². The van der Waals surface area contributed by atoms with E-state index in [4.69, 9.17) is 9.29 Å². The van der Waals surface area contributed by atoms with E-state index >= 15 is 0 Å². The van der Waals surface area contributed by atoms with Crippen LogP contribution >= 0.6 is 0 Å². The van der Waals surface area contributed by atoms with Crippen LogP contribution in [0.2, 0.25) is 0 Å². The van der Waals surface area contributed by atoms with Gasteiger partial charge in [-0.15, -0.1) is 0 Å². The van der Waals surface area contributed by atoms with Gasteiger partial charge in [-0.05, 0) is 56.9 Å². The number of rotatable bonds is 5. The van der Waals surface area contributed by atoms with Crippen molar-refractivity contribution in [1.82, 2.24) is 0 Å². The van der Waals surface area contributed by atoms with Crippen LogP contribution in [0.25, 0.3) is 0 Å². The zero-order valence-electron chi connectivity index (χ0n) is 15.3. The van der Waals surface area contributed by atoms with Crippen molar-refractivity contribution in [3.8, 4) is 0 Å². The molecule has 2 aromatic rings. The second kappa shape index (κ2) is 10.1. The number of esters is 1. The standard InChI is InChI=1S/C13H17NO2.C7H8O3S/c15-13(16-12-8-4-5-9-12)10-14-11-6-2-1-3-7-11;1-6-2-4-7(5-3-6)11(8,9)10/h1-3,6-7,12,14H,4-5,8-10H2;2-5H,1H3,(H,8,9,10). The minimum absolute atomic E-state index is 0.0666. The van der Waals surface area contributed by atoms with E-state index in [0.717, 1.165) is 24.1 Å². The van der Waals surface area contributed by atoms with E-state index in [9.17, 15) is 13.2 Å². The van der Waals surface area contributed by atoms with Gasteiger partial charge in [-0.25, -0.2) is 0 Å². The summed E-state index contributed by atoms with van der Waals surface area (Å²) in [6.07, 6.45) is 4.58. The Labute approximate surface area is 160 Å². The summed E-state index contributed by atoms with van der Waals surface area (Å²) in [5.41, 5.74) is 1.91. The monoisotopic (exact) mass is 391 g/mol. The predicted molar refractivity (Wildman–Crippen MR) is 104 cm³/mol. The third-order valence-corrected chi connectivity index (χ3v) is 5.00. The van der Waals surface area contributed by atoms with E-state index in [2.05, 4.69) is 5.32 Å². The summed E-state index contributed by atoms with van der Waals surface area (Å²) < 4.78 is 34.9. The number of hydrogen-bond donors (Lipinski definition) is 2. The van der Waals surface area contributed by atoms with Crippen molar-refractivity contribution in [3.05, 3.63) is 60.2 Å². The normalized spacial score (nSPS) is 14.1. The first-order valence-corrected chi connectivity index (χ1v) is 10.3. The van der Waals surface area contributed by atoms with Gasteiger partial charge in [0.25, 0.3) is 10.1 Å². The summed E-state index contributed by atoms with van der Waals surface area (Å²) >= 11 is 0. The molecule has 0 unspecified atom stereocenters. The summed E-state index contributed by atoms with van der Waals surface area (Å²) in [4.78, 5) is 11.4. The second-order valence-corrected chi connectivity index (χ2v) is 7.83. The lowest BCUT2D eigenvalue weighted by Crippen LogP contribution is -2.21. The minimum Gasteiger partial charge on any atom is -0.461 e. The quantitative estimate of drug-likeness (QED) is 0.594. The van der Waals surface area contributed by atoms with E-state index in [1.807, 2.05) is 37.3 Å². The van der Waals surface area contributed by atoms with Crippen molar-refractivity contribution < 1.29 is 22.5 Å². The minimum atomic E-state index is -4.02. The lowest BCUT2D eigenvalue weighted by molar-refractivity contribution is -0.146. The smallest absolute Gasteiger partial charge is 0.325 e. The second-order valence-electron chi connectivity index (χ2n) is 6.40. The number of nitrogens with one attached hydrogen (secondary N) is 1. The maximum atomic E-state index is 11.5. The molecule has 0 aromatic heterocycles. The maximum Gasteiger partial charge on any atom is 0.325 e. The van der Waals surface area contributed by atoms with Gasteiger partial charge in [-0.1, -0.05) is 35.9 Å². The molecule has 146 valence electrons. The van der Waals surface area contributed by atoms with Crippen LogP contribution in [0.1, 0.15) is 31.2 Å². The molecule has 27 heavy (non-hydrogen) atoms. The Kier molecular flexibility index (Phi) is 7.82. The highest BCUT2D eigenvalue weighted by Crippen LogP contribution is 2.20. The maximum absolute atomic E-state index is 11.5. The number of anilines is 1. The molecule has 0 aliphatic heterocycles. The van der Waals surface area contributed by atoms with Crippen LogP contribution in [-0.2, 0) is 19.6 Å². The third kappa shape index (κ3) is 7.80. The molecule has 1 aliphatic carbocycles. The van der Waals surface area contributed by atoms with Crippen molar-refractivity contribution in [2.24, 2.45) is 0 Å². The van der Waals surface area contributed by atoms with E-state index in [0.29, 0.717) is 0 Å². The Morgan fingerprint density at radius 3 is 2.22 bits per heavy atom. The van der Waals surface area contributed by atoms with Crippen LogP contribution in [0.5, 0.6) is 0 Å². The van der Waals surface area contributed by atoms with Crippen LogP contribution in [0, 0.1) is 6.92 Å². The average Bonchev–Trinajstić information content (AvgIpc) is 3.14. The molecule has 7 heteroatoms. The lowest BCUT2D eigenvalue weighted by atomic mass is 10.2. The van der Waals surface area contributed by atoms with E-state index in [-0.39, 0.29) is 23.5 Å². The lowest BCUT2D eigenvalue weighted by Gasteiger charge is -2.12. The molecule has 0 heterocycles. The molecule has 0 atom stereocenters. The molecule has 2 N–H and O–H groups in total. The Morgan fingerprint density at radius 2 is 1.67 bits per heavy atom. The van der Waals surface area contributed by atoms with Crippen LogP contribution in [0.15, 0.2) is 59.5 Å². The van der Waals surface area contributed by atoms with Gasteiger partial charge in [0, 0.05) is 5.69 Å². The summed E-state index contributed by atoms with van der Waals surface area (Å²) in [6.45, 7) is 2.09. The molecule has 1 saturated carbocycles. The fraction of sp³-hybridized carbons (Fsp3) is 0.350. The van der Waals surface area contributed by atoms with Gasteiger partial charge in [-0.3, -0.25) is 9.35 Å². The Hall–Kier alpha value is -2.38. The molecule has 1 fully saturated rings. The molecule has 1 aliphatic rings. The molecule has 0 radical (unpaired) electrons. The number of carbonyl (C=O) groups is 1. The van der Waals surface area contributed by atoms with E-state index in [1.165, 1.54) is 25.0 Å². The van der Waals surface area contributed by atoms with Crippen molar-refractivity contribution in [1.29, 1.82) is 0 Å². The summed E-state index contributed by atoms with van der Waals surface area (Å²) in [6, 6.07) is 15.7. The fourth-order valence-electron chi connectivity index (χ4n) is 2.67. The van der Waals surface area contributed by atoms with Crippen molar-refractivity contribution in [3.63, 3.8) is 0 Å². The predicted octanol–water partition coefficient (Wildman–Crippen LogP) is 3.83. The van der Waals surface area contributed by atoms with Crippen LogP contribution < -0.4 is 5.32 Å². The van der Waals surface area contributed by atoms with Gasteiger partial charge < -0.3 is 10.1 Å². The van der Waals surface area contributed by atoms with Crippen LogP contribution in [0.4, 0.5) is 5.69 Å². The SMILES string of the molecule is Cc1ccc(S(=O)(=O)O)cc1.O=C(CNc1ccccc1)OC1CCCC1. The fourth-order valence-corrected chi connectivity index (χ4v) is 3.15. The van der Waals surface area contributed by atoms with Crippen LogP contribution in [-0.4, -0.2) is 31.6 Å². The Morgan fingerprint density at radius 1 is 1.07 bits per heavy atom. The number of hydrogen-bond acceptors (Lipinski definition) is 5. The summed E-state index contributed by atoms with van der Waals surface area (Å²) in [5.74, 6) is -0.157. The number of ether oxygens (including phenoxy) is 1. The topological polar surface area (TPSA) is 92.7 Å². The molecule has 3 rings (SSSR count). The van der Waals surface area contributed by atoms with Crippen molar-refractivity contribution in [2.45, 2.75) is 43.6 Å². The summed E-state index contributed by atoms with van der Waals surface area (Å²) in [7, 11) is -4.02. The first-order chi connectivity index (χ1) is 12.8. The summed E-state index contributed by atoms with van der Waals surface area (Å²) in [5, 5.41) is 3.04. The number of benzene rings is 2. The molecule has 0 spiro atoms. The van der Waals surface area contributed by atoms with E-state index in [1.54, 1.807) is 12.1 Å². The van der Waals surface area contributed by atoms with Gasteiger partial charge in [0.1, 0.15) is 12.6 Å². The highest BCUT2D eigenvalue weighted by Gasteiger charge is 2.18. The molecule has 6 nitrogen and oxygen atoms in total. The van der Waals surface area contributed by atoms with E-state index < -0.39 is 10.1 Å². The number of para-hydroxylation sites is 1. The van der Waals surface area contributed by atoms with Gasteiger partial charge in [0.15, 0.2) is 0 Å². The largest absolute Gasteiger partial charge is 0.461 e. The Bertz CT molecular complexity index is 813. The molecule has 0 bridgehead atoms. The van der Waals surface area contributed by atoms with Gasteiger partial charge >= 0.3 is 5.97 Å². The van der Waals surface area contributed by atoms with Gasteiger partial charge in [0.05, 0.1) is 4.90 Å². The molecular formula is C20H25NO5S. The first-order valence-electron chi connectivity index (χ1n) is 8.87. The Balaban J connectivity index is 0.000000208. The zero-order valence-corrected chi connectivity index (χ0v) is 16.1. The molecular weight excluding hydrogens is 366 g/mol. The molecule has 2 aromatic carbocycles. The molecule has 0 saturated heterocycles. The van der Waals surface area contributed by atoms with Gasteiger partial charge in [-0.2, -0.15) is 8.42 Å². The average molecular weight is 391 g/mol. The highest BCUT2D eigenvalue weighted by molar-refractivity contribution is 7.85. The number of carbonyl (C=O) groups excluding carboxylic acids is 1. The number of aryl methyl sites for hydroxylation is 1. The molecule has 0 amide bonds. The van der Waals surface area contributed by atoms with Gasteiger partial charge in [0.2, 0.25) is 0 Å². The van der Waals surface area contributed by atoms with Crippen LogP contribution in [0.3, 0.4) is 0 Å².